The minimum absolute atomic E-state index is 0.510. The molecule has 1 N–H and O–H groups in total. The van der Waals surface area contributed by atoms with Crippen LogP contribution in [0.5, 0.6) is 11.5 Å². The molecule has 0 saturated carbocycles. The molecule has 0 bridgehead atoms. The molecular formula is C19H14N4O. The molecule has 0 aliphatic carbocycles. The molecule has 0 spiro atoms. The summed E-state index contributed by atoms with van der Waals surface area (Å²) in [6.07, 6.45) is 7.23. The van der Waals surface area contributed by atoms with Crippen LogP contribution in [0.25, 0.3) is 10.9 Å². The fraction of sp³-hybridized carbons (Fsp3) is 0.0526. The number of nitrogens with zero attached hydrogens (tertiary/aromatic N) is 3. The Morgan fingerprint density at radius 2 is 2.08 bits per heavy atom. The summed E-state index contributed by atoms with van der Waals surface area (Å²) in [4.78, 5) is 7.25. The molecule has 0 saturated heterocycles. The van der Waals surface area contributed by atoms with Gasteiger partial charge in [-0.1, -0.05) is 24.3 Å². The number of ether oxygens (including phenoxy) is 1. The Labute approximate surface area is 138 Å². The number of imidazole rings is 1. The SMILES string of the molecule is N#Cc1cccc(Cn2ccnc2)c1Oc1cccc2cc[nH]c12. The van der Waals surface area contributed by atoms with Crippen molar-refractivity contribution in [2.24, 2.45) is 0 Å². The van der Waals surface area contributed by atoms with Gasteiger partial charge in [0.05, 0.1) is 24.0 Å². The Morgan fingerprint density at radius 3 is 2.92 bits per heavy atom. The fourth-order valence-corrected chi connectivity index (χ4v) is 2.75. The van der Waals surface area contributed by atoms with Gasteiger partial charge in [-0.3, -0.25) is 0 Å². The number of nitrogens with one attached hydrogen (secondary N) is 1. The zero-order valence-corrected chi connectivity index (χ0v) is 12.8. The van der Waals surface area contributed by atoms with E-state index in [0.29, 0.717) is 23.6 Å². The summed E-state index contributed by atoms with van der Waals surface area (Å²) in [7, 11) is 0. The summed E-state index contributed by atoms with van der Waals surface area (Å²) < 4.78 is 8.11. The molecule has 2 heterocycles. The quantitative estimate of drug-likeness (QED) is 0.617. The summed E-state index contributed by atoms with van der Waals surface area (Å²) in [6.45, 7) is 0.589. The van der Waals surface area contributed by atoms with E-state index in [9.17, 15) is 5.26 Å². The van der Waals surface area contributed by atoms with E-state index in [1.54, 1.807) is 18.6 Å². The van der Waals surface area contributed by atoms with Gasteiger partial charge in [-0.05, 0) is 18.2 Å². The lowest BCUT2D eigenvalue weighted by molar-refractivity contribution is 0.477. The number of benzene rings is 2. The Balaban J connectivity index is 1.79. The van der Waals surface area contributed by atoms with Crippen LogP contribution in [0.2, 0.25) is 0 Å². The first-order valence-electron chi connectivity index (χ1n) is 7.57. The first-order valence-corrected chi connectivity index (χ1v) is 7.57. The highest BCUT2D eigenvalue weighted by atomic mass is 16.5. The number of hydrogen-bond donors (Lipinski definition) is 1. The van der Waals surface area contributed by atoms with Crippen molar-refractivity contribution in [2.45, 2.75) is 6.54 Å². The summed E-state index contributed by atoms with van der Waals surface area (Å²) in [5.41, 5.74) is 2.35. The van der Waals surface area contributed by atoms with Gasteiger partial charge in [0.1, 0.15) is 11.8 Å². The first-order chi connectivity index (χ1) is 11.8. The van der Waals surface area contributed by atoms with Crippen LogP contribution in [0, 0.1) is 11.3 Å². The van der Waals surface area contributed by atoms with E-state index in [1.807, 2.05) is 53.4 Å². The lowest BCUT2D eigenvalue weighted by Gasteiger charge is -2.14. The number of rotatable bonds is 4. The Morgan fingerprint density at radius 1 is 1.17 bits per heavy atom. The molecular weight excluding hydrogens is 300 g/mol. The largest absolute Gasteiger partial charge is 0.453 e. The van der Waals surface area contributed by atoms with Crippen LogP contribution < -0.4 is 4.74 Å². The highest BCUT2D eigenvalue weighted by Gasteiger charge is 2.13. The van der Waals surface area contributed by atoms with Crippen LogP contribution in [0.3, 0.4) is 0 Å². The molecule has 5 heteroatoms. The van der Waals surface area contributed by atoms with E-state index < -0.39 is 0 Å². The maximum absolute atomic E-state index is 9.46. The number of aromatic nitrogens is 3. The molecule has 2 aromatic carbocycles. The maximum atomic E-state index is 9.46. The van der Waals surface area contributed by atoms with Gasteiger partial charge in [-0.25, -0.2) is 4.98 Å². The van der Waals surface area contributed by atoms with E-state index in [4.69, 9.17) is 4.74 Å². The van der Waals surface area contributed by atoms with Crippen LogP contribution in [0.1, 0.15) is 11.1 Å². The van der Waals surface area contributed by atoms with Crippen molar-refractivity contribution < 1.29 is 4.74 Å². The van der Waals surface area contributed by atoms with Crippen molar-refractivity contribution in [1.82, 2.24) is 14.5 Å². The molecule has 0 unspecified atom stereocenters. The molecule has 116 valence electrons. The standard InChI is InChI=1S/C19H14N4O/c20-11-15-4-1-5-16(12-23-10-9-21-13-23)19(15)24-17-6-2-3-14-7-8-22-18(14)17/h1-10,13,22H,12H2. The molecule has 24 heavy (non-hydrogen) atoms. The van der Waals surface area contributed by atoms with Gasteiger partial charge in [0.15, 0.2) is 5.75 Å². The smallest absolute Gasteiger partial charge is 0.151 e. The third kappa shape index (κ3) is 2.50. The van der Waals surface area contributed by atoms with Crippen LogP contribution in [-0.4, -0.2) is 14.5 Å². The number of hydrogen-bond acceptors (Lipinski definition) is 3. The van der Waals surface area contributed by atoms with Gasteiger partial charge in [0.2, 0.25) is 0 Å². The van der Waals surface area contributed by atoms with Crippen LogP contribution in [-0.2, 0) is 6.54 Å². The Bertz CT molecular complexity index is 1030. The van der Waals surface area contributed by atoms with E-state index in [2.05, 4.69) is 16.0 Å². The molecule has 0 atom stereocenters. The normalized spacial score (nSPS) is 10.6. The average molecular weight is 314 g/mol. The van der Waals surface area contributed by atoms with Crippen LogP contribution in [0.4, 0.5) is 0 Å². The summed E-state index contributed by atoms with van der Waals surface area (Å²) >= 11 is 0. The van der Waals surface area contributed by atoms with Crippen molar-refractivity contribution in [3.8, 4) is 17.6 Å². The maximum Gasteiger partial charge on any atom is 0.151 e. The second-order valence-corrected chi connectivity index (χ2v) is 5.44. The predicted molar refractivity (Wildman–Crippen MR) is 90.9 cm³/mol. The Kier molecular flexibility index (Phi) is 3.49. The van der Waals surface area contributed by atoms with Gasteiger partial charge in [-0.15, -0.1) is 0 Å². The molecule has 5 nitrogen and oxygen atoms in total. The van der Waals surface area contributed by atoms with Crippen molar-refractivity contribution in [2.75, 3.05) is 0 Å². The van der Waals surface area contributed by atoms with Gasteiger partial charge in [0.25, 0.3) is 0 Å². The Hall–Kier alpha value is -3.52. The summed E-state index contributed by atoms with van der Waals surface area (Å²) in [5.74, 6) is 1.28. The lowest BCUT2D eigenvalue weighted by Crippen LogP contribution is -2.01. The first kappa shape index (κ1) is 14.1. The summed E-state index contributed by atoms with van der Waals surface area (Å²) in [6, 6.07) is 15.7. The molecule has 0 radical (unpaired) electrons. The van der Waals surface area contributed by atoms with Gasteiger partial charge in [0, 0.05) is 29.5 Å². The predicted octanol–water partition coefficient (Wildman–Crippen LogP) is 4.08. The number of aromatic amines is 1. The highest BCUT2D eigenvalue weighted by Crippen LogP contribution is 2.33. The van der Waals surface area contributed by atoms with Gasteiger partial charge >= 0.3 is 0 Å². The molecule has 0 aliphatic rings. The number of para-hydroxylation sites is 2. The second-order valence-electron chi connectivity index (χ2n) is 5.44. The van der Waals surface area contributed by atoms with Crippen LogP contribution in [0.15, 0.2) is 67.4 Å². The van der Waals surface area contributed by atoms with Crippen LogP contribution >= 0.6 is 0 Å². The minimum atomic E-state index is 0.510. The topological polar surface area (TPSA) is 66.6 Å². The lowest BCUT2D eigenvalue weighted by atomic mass is 10.1. The highest BCUT2D eigenvalue weighted by molar-refractivity contribution is 5.85. The van der Waals surface area contributed by atoms with E-state index in [1.165, 1.54) is 0 Å². The molecule has 0 amide bonds. The second kappa shape index (κ2) is 5.94. The third-order valence-corrected chi connectivity index (χ3v) is 3.89. The number of fused-ring (bicyclic) bond motifs is 1. The van der Waals surface area contributed by atoms with Crippen molar-refractivity contribution >= 4 is 10.9 Å². The zero-order chi connectivity index (χ0) is 16.4. The van der Waals surface area contributed by atoms with Crippen molar-refractivity contribution in [3.05, 3.63) is 78.5 Å². The molecule has 2 aromatic heterocycles. The molecule has 4 rings (SSSR count). The van der Waals surface area contributed by atoms with E-state index in [-0.39, 0.29) is 0 Å². The van der Waals surface area contributed by atoms with Gasteiger partial charge in [-0.2, -0.15) is 5.26 Å². The monoisotopic (exact) mass is 314 g/mol. The number of H-pyrrole nitrogens is 1. The minimum Gasteiger partial charge on any atom is -0.453 e. The van der Waals surface area contributed by atoms with E-state index in [0.717, 1.165) is 16.5 Å². The number of nitriles is 1. The molecule has 4 aromatic rings. The van der Waals surface area contributed by atoms with Crippen molar-refractivity contribution in [1.29, 1.82) is 5.26 Å². The average Bonchev–Trinajstić information content (AvgIpc) is 3.28. The van der Waals surface area contributed by atoms with Crippen molar-refractivity contribution in [3.63, 3.8) is 0 Å². The third-order valence-electron chi connectivity index (χ3n) is 3.89. The summed E-state index contributed by atoms with van der Waals surface area (Å²) in [5, 5.41) is 10.5. The molecule has 0 fully saturated rings. The molecule has 0 aliphatic heterocycles. The van der Waals surface area contributed by atoms with E-state index >= 15 is 0 Å². The zero-order valence-electron chi connectivity index (χ0n) is 12.8. The fourth-order valence-electron chi connectivity index (χ4n) is 2.75. The van der Waals surface area contributed by atoms with Gasteiger partial charge < -0.3 is 14.3 Å².